The number of ether oxygens (including phenoxy) is 1. The van der Waals surface area contributed by atoms with Gasteiger partial charge in [-0.3, -0.25) is 9.48 Å². The third-order valence-corrected chi connectivity index (χ3v) is 4.24. The molecule has 2 aromatic heterocycles. The largest absolute Gasteiger partial charge is 0.484 e. The number of hydrazone groups is 1. The molecule has 0 fully saturated rings. The van der Waals surface area contributed by atoms with Crippen LogP contribution in [0.2, 0.25) is 0 Å². The van der Waals surface area contributed by atoms with Gasteiger partial charge in [0.15, 0.2) is 6.61 Å². The van der Waals surface area contributed by atoms with Gasteiger partial charge in [0, 0.05) is 35.8 Å². The van der Waals surface area contributed by atoms with E-state index in [4.69, 9.17) is 9.15 Å². The lowest BCUT2D eigenvalue weighted by molar-refractivity contribution is -0.123. The average molecular weight is 368 g/mol. The lowest BCUT2D eigenvalue weighted by Gasteiger charge is -2.06. The van der Waals surface area contributed by atoms with E-state index in [9.17, 15) is 9.59 Å². The Balaban J connectivity index is 1.61. The van der Waals surface area contributed by atoms with Crippen molar-refractivity contribution in [3.8, 4) is 5.75 Å². The standard InChI is InChI=1S/C19H20N4O4/c1-11-7-19(25)27-17-8-14(5-6-15(11)17)26-10-18(24)21-20-9-16-12(2)22-23(4)13(16)3/h5-9H,10H2,1-4H3,(H,21,24)/b20-9-. The predicted octanol–water partition coefficient (Wildman–Crippen LogP) is 1.98. The van der Waals surface area contributed by atoms with E-state index < -0.39 is 11.5 Å². The van der Waals surface area contributed by atoms with Crippen LogP contribution in [0.5, 0.6) is 5.75 Å². The third kappa shape index (κ3) is 4.05. The lowest BCUT2D eigenvalue weighted by atomic mass is 10.1. The molecular formula is C19H20N4O4. The highest BCUT2D eigenvalue weighted by Gasteiger charge is 2.08. The van der Waals surface area contributed by atoms with Gasteiger partial charge in [-0.1, -0.05) is 0 Å². The topological polar surface area (TPSA) is 98.7 Å². The quantitative estimate of drug-likeness (QED) is 0.422. The number of aryl methyl sites for hydroxylation is 3. The number of fused-ring (bicyclic) bond motifs is 1. The van der Waals surface area contributed by atoms with E-state index in [0.29, 0.717) is 11.3 Å². The molecule has 3 rings (SSSR count). The number of benzene rings is 1. The molecule has 1 aromatic carbocycles. The average Bonchev–Trinajstić information content (AvgIpc) is 2.85. The van der Waals surface area contributed by atoms with Crippen molar-refractivity contribution in [1.29, 1.82) is 0 Å². The molecule has 0 unspecified atom stereocenters. The molecule has 0 bridgehead atoms. The third-order valence-electron chi connectivity index (χ3n) is 4.24. The number of amides is 1. The molecule has 0 saturated carbocycles. The summed E-state index contributed by atoms with van der Waals surface area (Å²) in [5.41, 5.74) is 5.87. The Morgan fingerprint density at radius 2 is 2.11 bits per heavy atom. The normalized spacial score (nSPS) is 11.3. The van der Waals surface area contributed by atoms with Crippen LogP contribution in [-0.2, 0) is 11.8 Å². The van der Waals surface area contributed by atoms with Crippen molar-refractivity contribution in [3.63, 3.8) is 0 Å². The monoisotopic (exact) mass is 368 g/mol. The summed E-state index contributed by atoms with van der Waals surface area (Å²) in [5.74, 6) is 0.0190. The Labute approximate surface area is 155 Å². The van der Waals surface area contributed by atoms with Crippen molar-refractivity contribution < 1.29 is 13.9 Å². The van der Waals surface area contributed by atoms with Crippen LogP contribution in [0.4, 0.5) is 0 Å². The molecular weight excluding hydrogens is 348 g/mol. The Morgan fingerprint density at radius 3 is 2.81 bits per heavy atom. The zero-order chi connectivity index (χ0) is 19.6. The zero-order valence-corrected chi connectivity index (χ0v) is 15.6. The number of carbonyl (C=O) groups is 1. The molecule has 2 heterocycles. The number of hydrogen-bond donors (Lipinski definition) is 1. The number of hydrogen-bond acceptors (Lipinski definition) is 6. The molecule has 1 N–H and O–H groups in total. The molecule has 27 heavy (non-hydrogen) atoms. The smallest absolute Gasteiger partial charge is 0.336 e. The van der Waals surface area contributed by atoms with Gasteiger partial charge in [0.05, 0.1) is 11.9 Å². The van der Waals surface area contributed by atoms with Crippen LogP contribution < -0.4 is 15.8 Å². The van der Waals surface area contributed by atoms with Gasteiger partial charge < -0.3 is 9.15 Å². The van der Waals surface area contributed by atoms with Crippen molar-refractivity contribution >= 4 is 23.1 Å². The van der Waals surface area contributed by atoms with Crippen molar-refractivity contribution in [2.75, 3.05) is 6.61 Å². The van der Waals surface area contributed by atoms with Crippen LogP contribution in [0, 0.1) is 20.8 Å². The van der Waals surface area contributed by atoms with Gasteiger partial charge >= 0.3 is 5.63 Å². The Morgan fingerprint density at radius 1 is 1.33 bits per heavy atom. The first kappa shape index (κ1) is 18.4. The number of rotatable bonds is 5. The highest BCUT2D eigenvalue weighted by Crippen LogP contribution is 2.22. The summed E-state index contributed by atoms with van der Waals surface area (Å²) < 4.78 is 12.4. The van der Waals surface area contributed by atoms with Crippen molar-refractivity contribution in [2.24, 2.45) is 12.1 Å². The maximum atomic E-state index is 11.9. The highest BCUT2D eigenvalue weighted by atomic mass is 16.5. The van der Waals surface area contributed by atoms with Crippen molar-refractivity contribution in [3.05, 3.63) is 57.2 Å². The summed E-state index contributed by atoms with van der Waals surface area (Å²) in [5, 5.41) is 9.04. The summed E-state index contributed by atoms with van der Waals surface area (Å²) >= 11 is 0. The van der Waals surface area contributed by atoms with E-state index in [1.54, 1.807) is 29.1 Å². The molecule has 0 spiro atoms. The fourth-order valence-electron chi connectivity index (χ4n) is 2.72. The van der Waals surface area contributed by atoms with Crippen molar-refractivity contribution in [1.82, 2.24) is 15.2 Å². The summed E-state index contributed by atoms with van der Waals surface area (Å²) in [6.45, 7) is 5.41. The van der Waals surface area contributed by atoms with E-state index in [0.717, 1.165) is 27.9 Å². The van der Waals surface area contributed by atoms with Crippen LogP contribution >= 0.6 is 0 Å². The second kappa shape index (κ2) is 7.45. The summed E-state index contributed by atoms with van der Waals surface area (Å²) in [4.78, 5) is 23.4. The number of carbonyl (C=O) groups excluding carboxylic acids is 1. The van der Waals surface area contributed by atoms with Gasteiger partial charge in [0.1, 0.15) is 11.3 Å². The Hall–Kier alpha value is -3.42. The molecule has 1 amide bonds. The van der Waals surface area contributed by atoms with Gasteiger partial charge in [-0.25, -0.2) is 10.2 Å². The zero-order valence-electron chi connectivity index (χ0n) is 15.6. The van der Waals surface area contributed by atoms with E-state index in [2.05, 4.69) is 15.6 Å². The van der Waals surface area contributed by atoms with Crippen LogP contribution in [0.3, 0.4) is 0 Å². The molecule has 0 aliphatic heterocycles. The summed E-state index contributed by atoms with van der Waals surface area (Å²) in [6.07, 6.45) is 1.56. The molecule has 0 saturated heterocycles. The molecule has 8 heteroatoms. The predicted molar refractivity (Wildman–Crippen MR) is 101 cm³/mol. The molecule has 0 atom stereocenters. The van der Waals surface area contributed by atoms with Gasteiger partial charge in [0.25, 0.3) is 5.91 Å². The number of nitrogens with one attached hydrogen (secondary N) is 1. The minimum atomic E-state index is -0.426. The van der Waals surface area contributed by atoms with Crippen LogP contribution in [0.15, 0.2) is 38.6 Å². The summed E-state index contributed by atoms with van der Waals surface area (Å²) in [7, 11) is 1.85. The van der Waals surface area contributed by atoms with Gasteiger partial charge in [-0.15, -0.1) is 0 Å². The van der Waals surface area contributed by atoms with E-state index in [1.165, 1.54) is 6.07 Å². The molecule has 140 valence electrons. The highest BCUT2D eigenvalue weighted by molar-refractivity contribution is 5.85. The maximum Gasteiger partial charge on any atom is 0.336 e. The van der Waals surface area contributed by atoms with E-state index in [1.807, 2.05) is 27.8 Å². The van der Waals surface area contributed by atoms with Crippen molar-refractivity contribution in [2.45, 2.75) is 20.8 Å². The van der Waals surface area contributed by atoms with Crippen LogP contribution in [0.25, 0.3) is 11.0 Å². The lowest BCUT2D eigenvalue weighted by Crippen LogP contribution is -2.24. The second-order valence-electron chi connectivity index (χ2n) is 6.20. The maximum absolute atomic E-state index is 11.9. The minimum absolute atomic E-state index is 0.218. The molecule has 3 aromatic rings. The second-order valence-corrected chi connectivity index (χ2v) is 6.20. The first-order valence-electron chi connectivity index (χ1n) is 8.34. The van der Waals surface area contributed by atoms with Crippen LogP contribution in [-0.4, -0.2) is 28.5 Å². The number of nitrogens with zero attached hydrogens (tertiary/aromatic N) is 3. The van der Waals surface area contributed by atoms with Gasteiger partial charge in [-0.2, -0.15) is 10.2 Å². The molecule has 0 aliphatic rings. The fourth-order valence-corrected chi connectivity index (χ4v) is 2.72. The Bertz CT molecular complexity index is 1100. The van der Waals surface area contributed by atoms with Crippen LogP contribution in [0.1, 0.15) is 22.5 Å². The SMILES string of the molecule is Cc1nn(C)c(C)c1/C=N\NC(=O)COc1ccc2c(C)cc(=O)oc2c1. The van der Waals surface area contributed by atoms with E-state index in [-0.39, 0.29) is 6.61 Å². The van der Waals surface area contributed by atoms with Gasteiger partial charge in [0.2, 0.25) is 0 Å². The first-order valence-corrected chi connectivity index (χ1v) is 8.34. The number of aromatic nitrogens is 2. The summed E-state index contributed by atoms with van der Waals surface area (Å²) in [6, 6.07) is 6.52. The van der Waals surface area contributed by atoms with Gasteiger partial charge in [-0.05, 0) is 38.5 Å². The Kier molecular flexibility index (Phi) is 5.07. The molecule has 0 aliphatic carbocycles. The molecule has 8 nitrogen and oxygen atoms in total. The molecule has 0 radical (unpaired) electrons. The minimum Gasteiger partial charge on any atom is -0.484 e. The fraction of sp³-hybridized carbons (Fsp3) is 0.263. The van der Waals surface area contributed by atoms with E-state index >= 15 is 0 Å². The first-order chi connectivity index (χ1) is 12.8.